The van der Waals surface area contributed by atoms with E-state index in [1.807, 2.05) is 20.8 Å². The molecule has 0 saturated carbocycles. The van der Waals surface area contributed by atoms with Gasteiger partial charge in [-0.15, -0.1) is 0 Å². The lowest BCUT2D eigenvalue weighted by Gasteiger charge is -2.24. The fourth-order valence-electron chi connectivity index (χ4n) is 3.04. The van der Waals surface area contributed by atoms with Crippen LogP contribution in [0.4, 0.5) is 0 Å². The Labute approximate surface area is 164 Å². The highest BCUT2D eigenvalue weighted by atomic mass is 16.5. The lowest BCUT2D eigenvalue weighted by Crippen LogP contribution is -2.47. The van der Waals surface area contributed by atoms with Crippen LogP contribution in [0.5, 0.6) is 11.5 Å². The highest BCUT2D eigenvalue weighted by molar-refractivity contribution is 6.12. The molecular formula is C22H23NO5. The number of ketones is 1. The molecule has 6 heteroatoms. The number of amides is 2. The first kappa shape index (κ1) is 19.6. The summed E-state index contributed by atoms with van der Waals surface area (Å²) in [5.41, 5.74) is 0.682. The van der Waals surface area contributed by atoms with E-state index in [2.05, 4.69) is 0 Å². The third-order valence-electron chi connectivity index (χ3n) is 4.52. The van der Waals surface area contributed by atoms with Crippen LogP contribution in [-0.4, -0.2) is 41.8 Å². The maximum Gasteiger partial charge on any atom is 0.271 e. The molecule has 0 aromatic heterocycles. The fourth-order valence-corrected chi connectivity index (χ4v) is 3.04. The molecule has 2 aromatic rings. The van der Waals surface area contributed by atoms with E-state index in [9.17, 15) is 14.4 Å². The Kier molecular flexibility index (Phi) is 5.78. The van der Waals surface area contributed by atoms with Crippen molar-refractivity contribution in [2.45, 2.75) is 26.9 Å². The quantitative estimate of drug-likeness (QED) is 0.567. The molecule has 0 N–H and O–H groups in total. The van der Waals surface area contributed by atoms with Gasteiger partial charge < -0.3 is 9.47 Å². The molecule has 1 aliphatic heterocycles. The van der Waals surface area contributed by atoms with Crippen molar-refractivity contribution in [2.75, 3.05) is 13.2 Å². The number of rotatable bonds is 6. The van der Waals surface area contributed by atoms with Gasteiger partial charge in [-0.05, 0) is 49.2 Å². The summed E-state index contributed by atoms with van der Waals surface area (Å²) in [7, 11) is 0. The molecule has 146 valence electrons. The maximum absolute atomic E-state index is 13.0. The van der Waals surface area contributed by atoms with Gasteiger partial charge in [0.05, 0.1) is 18.7 Å². The molecule has 0 radical (unpaired) electrons. The van der Waals surface area contributed by atoms with E-state index >= 15 is 0 Å². The van der Waals surface area contributed by atoms with Crippen LogP contribution < -0.4 is 9.47 Å². The monoisotopic (exact) mass is 381 g/mol. The van der Waals surface area contributed by atoms with E-state index in [1.165, 1.54) is 0 Å². The van der Waals surface area contributed by atoms with Crippen LogP contribution in [0.3, 0.4) is 0 Å². The van der Waals surface area contributed by atoms with Gasteiger partial charge >= 0.3 is 0 Å². The van der Waals surface area contributed by atoms with Gasteiger partial charge in [0.25, 0.3) is 11.8 Å². The van der Waals surface area contributed by atoms with Crippen LogP contribution in [0.2, 0.25) is 0 Å². The zero-order valence-electron chi connectivity index (χ0n) is 16.2. The standard InChI is InChI=1S/C22H23NO5/c1-4-27-16-11-9-15(10-12-16)18(24)13-23-21(25)17-7-5-6-8-19(17)28-20(14(2)3)22(23)26/h5-12,14,20H,4,13H2,1-3H3/t20-/m0/s1. The van der Waals surface area contributed by atoms with E-state index in [0.29, 0.717) is 23.7 Å². The third kappa shape index (κ3) is 3.91. The minimum atomic E-state index is -0.833. The van der Waals surface area contributed by atoms with Crippen LogP contribution in [0.1, 0.15) is 41.5 Å². The van der Waals surface area contributed by atoms with Crippen molar-refractivity contribution < 1.29 is 23.9 Å². The molecule has 0 bridgehead atoms. The summed E-state index contributed by atoms with van der Waals surface area (Å²) in [6.45, 7) is 5.74. The average molecular weight is 381 g/mol. The molecule has 3 rings (SSSR count). The van der Waals surface area contributed by atoms with E-state index < -0.39 is 17.9 Å². The molecular weight excluding hydrogens is 358 g/mol. The number of fused-ring (bicyclic) bond motifs is 1. The summed E-state index contributed by atoms with van der Waals surface area (Å²) in [5.74, 6) is -0.501. The summed E-state index contributed by atoms with van der Waals surface area (Å²) in [5, 5.41) is 0. The largest absolute Gasteiger partial charge is 0.494 e. The second kappa shape index (κ2) is 8.25. The maximum atomic E-state index is 13.0. The van der Waals surface area contributed by atoms with Crippen LogP contribution in [0.25, 0.3) is 0 Å². The number of Topliss-reactive ketones (excluding diaryl/α,β-unsaturated/α-hetero) is 1. The van der Waals surface area contributed by atoms with E-state index in [-0.39, 0.29) is 23.8 Å². The number of hydrogen-bond donors (Lipinski definition) is 0. The summed E-state index contributed by atoms with van der Waals surface area (Å²) in [4.78, 5) is 39.7. The summed E-state index contributed by atoms with van der Waals surface area (Å²) in [6, 6.07) is 13.3. The summed E-state index contributed by atoms with van der Waals surface area (Å²) >= 11 is 0. The Morgan fingerprint density at radius 3 is 2.43 bits per heavy atom. The van der Waals surface area contributed by atoms with Crippen molar-refractivity contribution in [3.63, 3.8) is 0 Å². The van der Waals surface area contributed by atoms with E-state index in [0.717, 1.165) is 4.90 Å². The minimum Gasteiger partial charge on any atom is -0.494 e. The number of ether oxygens (including phenoxy) is 2. The molecule has 0 spiro atoms. The smallest absolute Gasteiger partial charge is 0.271 e. The second-order valence-corrected chi connectivity index (χ2v) is 6.89. The van der Waals surface area contributed by atoms with Crippen molar-refractivity contribution in [3.05, 3.63) is 59.7 Å². The summed E-state index contributed by atoms with van der Waals surface area (Å²) in [6.07, 6.45) is -0.833. The first-order valence-corrected chi connectivity index (χ1v) is 9.29. The van der Waals surface area contributed by atoms with Gasteiger partial charge in [-0.3, -0.25) is 19.3 Å². The molecule has 0 aliphatic carbocycles. The third-order valence-corrected chi connectivity index (χ3v) is 4.52. The molecule has 0 unspecified atom stereocenters. The van der Waals surface area contributed by atoms with E-state index in [1.54, 1.807) is 48.5 Å². The molecule has 28 heavy (non-hydrogen) atoms. The van der Waals surface area contributed by atoms with Crippen molar-refractivity contribution in [1.29, 1.82) is 0 Å². The van der Waals surface area contributed by atoms with Gasteiger partial charge in [-0.1, -0.05) is 26.0 Å². The Morgan fingerprint density at radius 2 is 1.79 bits per heavy atom. The number of benzene rings is 2. The highest BCUT2D eigenvalue weighted by Gasteiger charge is 2.38. The molecule has 0 saturated heterocycles. The number of hydrogen-bond acceptors (Lipinski definition) is 5. The predicted octanol–water partition coefficient (Wildman–Crippen LogP) is 3.35. The lowest BCUT2D eigenvalue weighted by molar-refractivity contribution is -0.136. The lowest BCUT2D eigenvalue weighted by atomic mass is 10.1. The predicted molar refractivity (Wildman–Crippen MR) is 104 cm³/mol. The molecule has 2 aromatic carbocycles. The summed E-state index contributed by atoms with van der Waals surface area (Å²) < 4.78 is 11.2. The second-order valence-electron chi connectivity index (χ2n) is 6.89. The van der Waals surface area contributed by atoms with Crippen LogP contribution in [-0.2, 0) is 4.79 Å². The van der Waals surface area contributed by atoms with Gasteiger partial charge in [0.15, 0.2) is 11.9 Å². The van der Waals surface area contributed by atoms with Crippen molar-refractivity contribution >= 4 is 17.6 Å². The van der Waals surface area contributed by atoms with Gasteiger partial charge in [0, 0.05) is 5.56 Å². The Morgan fingerprint density at radius 1 is 1.11 bits per heavy atom. The molecule has 1 atom stereocenters. The zero-order valence-corrected chi connectivity index (χ0v) is 16.2. The normalized spacial score (nSPS) is 16.4. The van der Waals surface area contributed by atoms with Crippen molar-refractivity contribution in [3.8, 4) is 11.5 Å². The van der Waals surface area contributed by atoms with Crippen LogP contribution in [0, 0.1) is 5.92 Å². The number of carbonyl (C=O) groups excluding carboxylic acids is 3. The number of carbonyl (C=O) groups is 3. The SMILES string of the molecule is CCOc1ccc(C(=O)CN2C(=O)c3ccccc3O[C@@H](C(C)C)C2=O)cc1. The Bertz CT molecular complexity index is 888. The number of nitrogens with zero attached hydrogens (tertiary/aromatic N) is 1. The van der Waals surface area contributed by atoms with Crippen LogP contribution in [0.15, 0.2) is 48.5 Å². The van der Waals surface area contributed by atoms with Gasteiger partial charge in [-0.25, -0.2) is 0 Å². The first-order valence-electron chi connectivity index (χ1n) is 9.29. The minimum absolute atomic E-state index is 0.158. The highest BCUT2D eigenvalue weighted by Crippen LogP contribution is 2.28. The Balaban J connectivity index is 1.89. The molecule has 2 amide bonds. The topological polar surface area (TPSA) is 72.9 Å². The van der Waals surface area contributed by atoms with E-state index in [4.69, 9.17) is 9.47 Å². The number of imide groups is 1. The zero-order chi connectivity index (χ0) is 20.3. The molecule has 0 fully saturated rings. The van der Waals surface area contributed by atoms with Gasteiger partial charge in [0.2, 0.25) is 0 Å². The molecule has 1 aliphatic rings. The van der Waals surface area contributed by atoms with Gasteiger partial charge in [-0.2, -0.15) is 0 Å². The van der Waals surface area contributed by atoms with Crippen LogP contribution >= 0.6 is 0 Å². The number of para-hydroxylation sites is 1. The molecule has 6 nitrogen and oxygen atoms in total. The molecule has 1 heterocycles. The van der Waals surface area contributed by atoms with Crippen molar-refractivity contribution in [1.82, 2.24) is 4.90 Å². The Hall–Kier alpha value is -3.15. The average Bonchev–Trinajstić information content (AvgIpc) is 2.79. The fraction of sp³-hybridized carbons (Fsp3) is 0.318. The van der Waals surface area contributed by atoms with Gasteiger partial charge in [0.1, 0.15) is 11.5 Å². The first-order chi connectivity index (χ1) is 13.4. The van der Waals surface area contributed by atoms with Crippen molar-refractivity contribution in [2.24, 2.45) is 5.92 Å².